The van der Waals surface area contributed by atoms with Crippen molar-refractivity contribution in [3.63, 3.8) is 0 Å². The predicted molar refractivity (Wildman–Crippen MR) is 106 cm³/mol. The van der Waals surface area contributed by atoms with Gasteiger partial charge < -0.3 is 10.1 Å². The largest absolute Gasteiger partial charge is 0.480 e. The minimum atomic E-state index is -0.878. The number of rotatable bonds is 6. The van der Waals surface area contributed by atoms with E-state index < -0.39 is 12.0 Å². The first-order valence-electron chi connectivity index (χ1n) is 7.94. The van der Waals surface area contributed by atoms with Gasteiger partial charge in [-0.05, 0) is 35.7 Å². The van der Waals surface area contributed by atoms with Gasteiger partial charge in [0, 0.05) is 23.5 Å². The van der Waals surface area contributed by atoms with E-state index in [1.165, 1.54) is 23.3 Å². The second-order valence-corrected chi connectivity index (χ2v) is 7.16. The highest BCUT2D eigenvalue weighted by molar-refractivity contribution is 7.99. The van der Waals surface area contributed by atoms with E-state index in [1.54, 1.807) is 0 Å². The number of H-pyrrole nitrogens is 1. The Hall–Kier alpha value is -2.20. The van der Waals surface area contributed by atoms with Crippen LogP contribution < -0.4 is 4.72 Å². The fourth-order valence-corrected chi connectivity index (χ4v) is 3.99. The standard InChI is InChI=1S/C17H14N2O2S2.C2H6/c1-2-12-7-8-16(22-12)23-19-15(17(20)21)9-11-10-18-14-6-4-3-5-13(11)14;1-2/h1,3-8,10,15,18-19H,9H2,(H,20,21);1-2H3. The lowest BCUT2D eigenvalue weighted by atomic mass is 10.1. The molecule has 0 aliphatic carbocycles. The summed E-state index contributed by atoms with van der Waals surface area (Å²) >= 11 is 2.76. The van der Waals surface area contributed by atoms with Crippen LogP contribution in [0.4, 0.5) is 0 Å². The Balaban J connectivity index is 0.00000109. The van der Waals surface area contributed by atoms with Crippen molar-refractivity contribution in [2.24, 2.45) is 0 Å². The number of aromatic amines is 1. The van der Waals surface area contributed by atoms with Gasteiger partial charge in [0.15, 0.2) is 0 Å². The van der Waals surface area contributed by atoms with Crippen LogP contribution in [-0.4, -0.2) is 22.1 Å². The van der Waals surface area contributed by atoms with Gasteiger partial charge in [0.1, 0.15) is 6.04 Å². The average Bonchev–Trinajstić information content (AvgIpc) is 3.27. The molecule has 0 aliphatic rings. The van der Waals surface area contributed by atoms with Crippen molar-refractivity contribution in [3.8, 4) is 12.3 Å². The van der Waals surface area contributed by atoms with Crippen LogP contribution >= 0.6 is 23.3 Å². The average molecular weight is 373 g/mol. The number of carboxylic acid groups (broad SMARTS) is 1. The number of hydrogen-bond acceptors (Lipinski definition) is 4. The van der Waals surface area contributed by atoms with Crippen molar-refractivity contribution in [2.75, 3.05) is 0 Å². The first-order chi connectivity index (χ1) is 12.2. The molecule has 0 fully saturated rings. The zero-order chi connectivity index (χ0) is 18.2. The zero-order valence-electron chi connectivity index (χ0n) is 14.1. The quantitative estimate of drug-likeness (QED) is 0.439. The third-order valence-electron chi connectivity index (χ3n) is 3.42. The molecule has 4 nitrogen and oxygen atoms in total. The van der Waals surface area contributed by atoms with Crippen molar-refractivity contribution in [1.29, 1.82) is 0 Å². The number of carbonyl (C=O) groups is 1. The molecule has 0 amide bonds. The maximum Gasteiger partial charge on any atom is 0.321 e. The van der Waals surface area contributed by atoms with Crippen molar-refractivity contribution >= 4 is 40.2 Å². The van der Waals surface area contributed by atoms with Gasteiger partial charge in [-0.3, -0.25) is 4.79 Å². The summed E-state index contributed by atoms with van der Waals surface area (Å²) in [4.78, 5) is 15.5. The van der Waals surface area contributed by atoms with Crippen LogP contribution in [0.2, 0.25) is 0 Å². The summed E-state index contributed by atoms with van der Waals surface area (Å²) in [6, 6.07) is 10.9. The summed E-state index contributed by atoms with van der Waals surface area (Å²) in [7, 11) is 0. The van der Waals surface area contributed by atoms with Crippen molar-refractivity contribution in [1.82, 2.24) is 9.71 Å². The number of terminal acetylenes is 1. The van der Waals surface area contributed by atoms with Crippen molar-refractivity contribution in [3.05, 3.63) is 53.0 Å². The zero-order valence-corrected chi connectivity index (χ0v) is 15.7. The first-order valence-corrected chi connectivity index (χ1v) is 9.57. The van der Waals surface area contributed by atoms with E-state index in [9.17, 15) is 9.90 Å². The van der Waals surface area contributed by atoms with Crippen LogP contribution in [0.25, 0.3) is 10.9 Å². The molecule has 2 heterocycles. The maximum atomic E-state index is 11.5. The molecule has 0 spiro atoms. The minimum absolute atomic E-state index is 0.402. The molecule has 130 valence electrons. The lowest BCUT2D eigenvalue weighted by molar-refractivity contribution is -0.138. The summed E-state index contributed by atoms with van der Waals surface area (Å²) in [5, 5.41) is 10.5. The molecule has 1 atom stereocenters. The van der Waals surface area contributed by atoms with Crippen LogP contribution in [0.1, 0.15) is 24.3 Å². The van der Waals surface area contributed by atoms with Crippen LogP contribution in [0.3, 0.4) is 0 Å². The highest BCUT2D eigenvalue weighted by Crippen LogP contribution is 2.26. The summed E-state index contributed by atoms with van der Waals surface area (Å²) < 4.78 is 3.97. The number of aromatic nitrogens is 1. The molecule has 3 N–H and O–H groups in total. The van der Waals surface area contributed by atoms with Crippen LogP contribution in [-0.2, 0) is 11.2 Å². The van der Waals surface area contributed by atoms with Crippen molar-refractivity contribution in [2.45, 2.75) is 30.5 Å². The van der Waals surface area contributed by atoms with E-state index in [0.717, 1.165) is 25.6 Å². The Bertz CT molecular complexity index is 877. The lowest BCUT2D eigenvalue weighted by Crippen LogP contribution is -2.34. The molecule has 0 bridgehead atoms. The molecule has 3 aromatic rings. The van der Waals surface area contributed by atoms with Crippen LogP contribution in [0, 0.1) is 12.3 Å². The molecule has 0 saturated heterocycles. The first kappa shape index (κ1) is 19.1. The van der Waals surface area contributed by atoms with Crippen LogP contribution in [0.5, 0.6) is 0 Å². The number of carboxylic acids is 1. The molecule has 2 aromatic heterocycles. The highest BCUT2D eigenvalue weighted by atomic mass is 32.2. The van der Waals surface area contributed by atoms with Crippen LogP contribution in [0.15, 0.2) is 46.8 Å². The second kappa shape index (κ2) is 9.33. The Kier molecular flexibility index (Phi) is 7.14. The molecule has 3 rings (SSSR count). The summed E-state index contributed by atoms with van der Waals surface area (Å²) in [6.07, 6.45) is 7.62. The number of para-hydroxylation sites is 1. The molecule has 1 aromatic carbocycles. The second-order valence-electron chi connectivity index (χ2n) is 4.94. The predicted octanol–water partition coefficient (Wildman–Crippen LogP) is 4.53. The van der Waals surface area contributed by atoms with Gasteiger partial charge in [0.25, 0.3) is 0 Å². The number of aliphatic carboxylic acids is 1. The fraction of sp³-hybridized carbons (Fsp3) is 0.211. The number of thiophene rings is 1. The van der Waals surface area contributed by atoms with Gasteiger partial charge in [0.05, 0.1) is 9.09 Å². The van der Waals surface area contributed by atoms with Gasteiger partial charge in [-0.2, -0.15) is 0 Å². The lowest BCUT2D eigenvalue weighted by Gasteiger charge is -2.12. The number of fused-ring (bicyclic) bond motifs is 1. The molecule has 0 saturated carbocycles. The number of nitrogens with one attached hydrogen (secondary N) is 2. The topological polar surface area (TPSA) is 65.1 Å². The van der Waals surface area contributed by atoms with E-state index in [-0.39, 0.29) is 0 Å². The number of benzene rings is 1. The van der Waals surface area contributed by atoms with E-state index >= 15 is 0 Å². The van der Waals surface area contributed by atoms with Gasteiger partial charge in [0.2, 0.25) is 0 Å². The van der Waals surface area contributed by atoms with E-state index in [4.69, 9.17) is 6.42 Å². The number of hydrogen-bond donors (Lipinski definition) is 3. The van der Waals surface area contributed by atoms with Gasteiger partial charge >= 0.3 is 5.97 Å². The third-order valence-corrected chi connectivity index (χ3v) is 5.47. The molecule has 25 heavy (non-hydrogen) atoms. The van der Waals surface area contributed by atoms with Gasteiger partial charge in [-0.25, -0.2) is 4.72 Å². The Morgan fingerprint density at radius 1 is 1.36 bits per heavy atom. The summed E-state index contributed by atoms with van der Waals surface area (Å²) in [5.74, 6) is 1.69. The highest BCUT2D eigenvalue weighted by Gasteiger charge is 2.20. The van der Waals surface area contributed by atoms with Crippen molar-refractivity contribution < 1.29 is 9.90 Å². The third kappa shape index (κ3) is 4.89. The molecule has 0 aliphatic heterocycles. The maximum absolute atomic E-state index is 11.5. The monoisotopic (exact) mass is 372 g/mol. The fourth-order valence-electron chi connectivity index (χ4n) is 2.28. The normalized spacial score (nSPS) is 11.4. The Morgan fingerprint density at radius 2 is 2.12 bits per heavy atom. The molecule has 6 heteroatoms. The van der Waals surface area contributed by atoms with Gasteiger partial charge in [-0.1, -0.05) is 38.0 Å². The smallest absolute Gasteiger partial charge is 0.321 e. The molecule has 1 unspecified atom stereocenters. The van der Waals surface area contributed by atoms with E-state index in [0.29, 0.717) is 6.42 Å². The molecule has 0 radical (unpaired) electrons. The Morgan fingerprint density at radius 3 is 2.80 bits per heavy atom. The molecular formula is C19H20N2O2S2. The SMILES string of the molecule is C#Cc1ccc(SNC(Cc2c[nH]c3ccccc23)C(=O)O)s1.CC. The van der Waals surface area contributed by atoms with E-state index in [2.05, 4.69) is 15.6 Å². The summed E-state index contributed by atoms with van der Waals surface area (Å²) in [6.45, 7) is 4.00. The Labute approximate surface area is 155 Å². The summed E-state index contributed by atoms with van der Waals surface area (Å²) in [5.41, 5.74) is 1.99. The van der Waals surface area contributed by atoms with E-state index in [1.807, 2.05) is 56.4 Å². The minimum Gasteiger partial charge on any atom is -0.480 e. The molecular weight excluding hydrogens is 352 g/mol. The van der Waals surface area contributed by atoms with Gasteiger partial charge in [-0.15, -0.1) is 17.8 Å².